The normalized spacial score (nSPS) is 18.4. The summed E-state index contributed by atoms with van der Waals surface area (Å²) >= 11 is 3.38. The van der Waals surface area contributed by atoms with Crippen LogP contribution in [-0.2, 0) is 15.3 Å². The molecule has 1 saturated carbocycles. The number of sulfone groups is 1. The van der Waals surface area contributed by atoms with Gasteiger partial charge < -0.3 is 5.73 Å². The summed E-state index contributed by atoms with van der Waals surface area (Å²) in [5.41, 5.74) is 6.51. The molecule has 0 radical (unpaired) electrons. The molecule has 0 amide bonds. The second kappa shape index (κ2) is 3.82. The lowest BCUT2D eigenvalue weighted by Crippen LogP contribution is -2.22. The number of halogens is 1. The van der Waals surface area contributed by atoms with E-state index >= 15 is 0 Å². The lowest BCUT2D eigenvalue weighted by Gasteiger charge is -2.17. The van der Waals surface area contributed by atoms with E-state index in [0.717, 1.165) is 22.9 Å². The molecule has 2 N–H and O–H groups in total. The summed E-state index contributed by atoms with van der Waals surface area (Å²) < 4.78 is 24.3. The minimum atomic E-state index is -3.18. The Labute approximate surface area is 104 Å². The summed E-state index contributed by atoms with van der Waals surface area (Å²) in [5.74, 6) is 0. The minimum absolute atomic E-state index is 0.109. The van der Waals surface area contributed by atoms with E-state index in [9.17, 15) is 8.42 Å². The van der Waals surface area contributed by atoms with Gasteiger partial charge in [-0.1, -0.05) is 15.9 Å². The third-order valence-corrected chi connectivity index (χ3v) is 4.80. The molecule has 0 bridgehead atoms. The van der Waals surface area contributed by atoms with E-state index in [1.807, 2.05) is 6.07 Å². The molecule has 1 aliphatic rings. The van der Waals surface area contributed by atoms with Crippen LogP contribution in [0, 0.1) is 0 Å². The number of hydrogen-bond acceptors (Lipinski definition) is 3. The number of rotatable bonds is 3. The Morgan fingerprint density at radius 2 is 2.06 bits per heavy atom. The van der Waals surface area contributed by atoms with E-state index in [1.165, 1.54) is 6.26 Å². The van der Waals surface area contributed by atoms with Gasteiger partial charge in [0.05, 0.1) is 4.90 Å². The molecule has 0 spiro atoms. The number of hydrogen-bond donors (Lipinski definition) is 1. The molecule has 1 aromatic rings. The maximum absolute atomic E-state index is 11.7. The summed E-state index contributed by atoms with van der Waals surface area (Å²) in [4.78, 5) is 0.415. The van der Waals surface area contributed by atoms with Gasteiger partial charge in [0, 0.05) is 22.7 Å². The third-order valence-electron chi connectivity index (χ3n) is 3.16. The van der Waals surface area contributed by atoms with E-state index in [0.29, 0.717) is 11.4 Å². The summed E-state index contributed by atoms with van der Waals surface area (Å²) in [6.45, 7) is 0.506. The average molecular weight is 304 g/mol. The van der Waals surface area contributed by atoms with Gasteiger partial charge in [-0.15, -0.1) is 0 Å². The molecule has 3 nitrogen and oxygen atoms in total. The number of nitrogens with two attached hydrogens (primary N) is 1. The minimum Gasteiger partial charge on any atom is -0.330 e. The first-order chi connectivity index (χ1) is 7.39. The zero-order chi connectivity index (χ0) is 12.0. The van der Waals surface area contributed by atoms with Crippen molar-refractivity contribution in [3.05, 3.63) is 28.2 Å². The summed E-state index contributed by atoms with van der Waals surface area (Å²) in [7, 11) is -3.18. The van der Waals surface area contributed by atoms with Crippen molar-refractivity contribution in [2.24, 2.45) is 5.73 Å². The first-order valence-electron chi connectivity index (χ1n) is 5.09. The fourth-order valence-electron chi connectivity index (χ4n) is 1.97. The molecule has 1 aliphatic carbocycles. The highest BCUT2D eigenvalue weighted by molar-refractivity contribution is 9.10. The smallest absolute Gasteiger partial charge is 0.175 e. The van der Waals surface area contributed by atoms with E-state index in [2.05, 4.69) is 15.9 Å². The van der Waals surface area contributed by atoms with Gasteiger partial charge in [-0.25, -0.2) is 8.42 Å². The van der Waals surface area contributed by atoms with Gasteiger partial charge in [-0.3, -0.25) is 0 Å². The molecule has 0 unspecified atom stereocenters. The van der Waals surface area contributed by atoms with Crippen LogP contribution in [0.25, 0.3) is 0 Å². The predicted molar refractivity (Wildman–Crippen MR) is 67.2 cm³/mol. The third kappa shape index (κ3) is 2.04. The van der Waals surface area contributed by atoms with Crippen LogP contribution < -0.4 is 5.73 Å². The molecule has 0 aliphatic heterocycles. The molecule has 1 fully saturated rings. The Morgan fingerprint density at radius 1 is 1.44 bits per heavy atom. The van der Waals surface area contributed by atoms with Gasteiger partial charge in [0.1, 0.15) is 0 Å². The van der Waals surface area contributed by atoms with Crippen LogP contribution in [0.4, 0.5) is 0 Å². The van der Waals surface area contributed by atoms with E-state index in [-0.39, 0.29) is 5.41 Å². The fourth-order valence-corrected chi connectivity index (χ4v) is 3.33. The monoisotopic (exact) mass is 303 g/mol. The largest absolute Gasteiger partial charge is 0.330 e. The molecule has 0 aromatic heterocycles. The predicted octanol–water partition coefficient (Wildman–Crippen LogP) is 1.84. The maximum Gasteiger partial charge on any atom is 0.175 e. The Hall–Kier alpha value is -0.390. The first kappa shape index (κ1) is 12.1. The fraction of sp³-hybridized carbons (Fsp3) is 0.455. The van der Waals surface area contributed by atoms with Crippen LogP contribution in [0.2, 0.25) is 0 Å². The molecule has 0 heterocycles. The Morgan fingerprint density at radius 3 is 2.50 bits per heavy atom. The Balaban J connectivity index is 2.63. The van der Waals surface area contributed by atoms with Crippen LogP contribution in [0.3, 0.4) is 0 Å². The zero-order valence-electron chi connectivity index (χ0n) is 9.03. The highest BCUT2D eigenvalue weighted by Gasteiger charge is 2.45. The van der Waals surface area contributed by atoms with Crippen molar-refractivity contribution >= 4 is 25.8 Å². The lowest BCUT2D eigenvalue weighted by atomic mass is 9.96. The van der Waals surface area contributed by atoms with Crippen molar-refractivity contribution < 1.29 is 8.42 Å². The summed E-state index contributed by atoms with van der Waals surface area (Å²) in [5, 5.41) is 0. The number of benzene rings is 1. The van der Waals surface area contributed by atoms with Crippen molar-refractivity contribution in [2.75, 3.05) is 12.8 Å². The quantitative estimate of drug-likeness (QED) is 0.927. The Bertz CT molecular complexity index is 521. The molecule has 5 heteroatoms. The average Bonchev–Trinajstić information content (AvgIpc) is 2.96. The second-order valence-corrected chi connectivity index (χ2v) is 7.30. The molecule has 88 valence electrons. The SMILES string of the molecule is CS(=O)(=O)c1ccc(Br)cc1C1(CN)CC1. The molecule has 0 saturated heterocycles. The molecule has 0 atom stereocenters. The maximum atomic E-state index is 11.7. The summed E-state index contributed by atoms with van der Waals surface area (Å²) in [6, 6.07) is 5.30. The highest BCUT2D eigenvalue weighted by atomic mass is 79.9. The Kier molecular flexibility index (Phi) is 2.88. The van der Waals surface area contributed by atoms with Gasteiger partial charge in [-0.05, 0) is 36.6 Å². The lowest BCUT2D eigenvalue weighted by molar-refractivity contribution is 0.596. The van der Waals surface area contributed by atoms with Gasteiger partial charge in [0.15, 0.2) is 9.84 Å². The van der Waals surface area contributed by atoms with Crippen molar-refractivity contribution in [2.45, 2.75) is 23.2 Å². The van der Waals surface area contributed by atoms with E-state index in [4.69, 9.17) is 5.73 Å². The van der Waals surface area contributed by atoms with Crippen molar-refractivity contribution in [3.63, 3.8) is 0 Å². The molecular formula is C11H14BrNO2S. The molecule has 16 heavy (non-hydrogen) atoms. The van der Waals surface area contributed by atoms with Gasteiger partial charge in [-0.2, -0.15) is 0 Å². The van der Waals surface area contributed by atoms with Crippen molar-refractivity contribution in [1.29, 1.82) is 0 Å². The van der Waals surface area contributed by atoms with Crippen LogP contribution in [0.5, 0.6) is 0 Å². The molecule has 2 rings (SSSR count). The van der Waals surface area contributed by atoms with E-state index in [1.54, 1.807) is 12.1 Å². The van der Waals surface area contributed by atoms with Gasteiger partial charge >= 0.3 is 0 Å². The first-order valence-corrected chi connectivity index (χ1v) is 7.78. The highest BCUT2D eigenvalue weighted by Crippen LogP contribution is 2.49. The van der Waals surface area contributed by atoms with E-state index < -0.39 is 9.84 Å². The van der Waals surface area contributed by atoms with Crippen LogP contribution in [-0.4, -0.2) is 21.2 Å². The van der Waals surface area contributed by atoms with Crippen molar-refractivity contribution in [1.82, 2.24) is 0 Å². The van der Waals surface area contributed by atoms with Crippen LogP contribution in [0.15, 0.2) is 27.6 Å². The second-order valence-electron chi connectivity index (χ2n) is 4.40. The van der Waals surface area contributed by atoms with Crippen LogP contribution in [0.1, 0.15) is 18.4 Å². The molecular weight excluding hydrogens is 290 g/mol. The summed E-state index contributed by atoms with van der Waals surface area (Å²) in [6.07, 6.45) is 3.19. The topological polar surface area (TPSA) is 60.2 Å². The zero-order valence-corrected chi connectivity index (χ0v) is 11.4. The van der Waals surface area contributed by atoms with Crippen molar-refractivity contribution in [3.8, 4) is 0 Å². The van der Waals surface area contributed by atoms with Gasteiger partial charge in [0.25, 0.3) is 0 Å². The van der Waals surface area contributed by atoms with Gasteiger partial charge in [0.2, 0.25) is 0 Å². The van der Waals surface area contributed by atoms with Crippen LogP contribution >= 0.6 is 15.9 Å². The molecule has 1 aromatic carbocycles. The standard InChI is InChI=1S/C11H14BrNO2S/c1-16(14,15)10-3-2-8(12)6-9(10)11(7-13)4-5-11/h2-3,6H,4-5,7,13H2,1H3.